The van der Waals surface area contributed by atoms with Crippen molar-refractivity contribution >= 4 is 11.7 Å². The number of nitrogens with zero attached hydrogens (tertiary/aromatic N) is 1. The summed E-state index contributed by atoms with van der Waals surface area (Å²) in [7, 11) is 1.66. The van der Waals surface area contributed by atoms with E-state index in [0.29, 0.717) is 0 Å². The van der Waals surface area contributed by atoms with Crippen molar-refractivity contribution in [1.82, 2.24) is 4.90 Å². The second kappa shape index (κ2) is 6.73. The number of amides is 2. The molecule has 0 saturated carbocycles. The van der Waals surface area contributed by atoms with Crippen LogP contribution in [-0.4, -0.2) is 24.6 Å². The molecule has 1 saturated heterocycles. The molecule has 4 heteroatoms. The molecule has 2 amide bonds. The lowest BCUT2D eigenvalue weighted by molar-refractivity contribution is 0.207. The first-order chi connectivity index (χ1) is 11.2. The van der Waals surface area contributed by atoms with Gasteiger partial charge in [0.25, 0.3) is 0 Å². The zero-order valence-corrected chi connectivity index (χ0v) is 13.6. The molecule has 0 radical (unpaired) electrons. The van der Waals surface area contributed by atoms with Gasteiger partial charge in [0.15, 0.2) is 0 Å². The Morgan fingerprint density at radius 3 is 2.70 bits per heavy atom. The average molecular weight is 310 g/mol. The monoisotopic (exact) mass is 310 g/mol. The van der Waals surface area contributed by atoms with Crippen molar-refractivity contribution in [3.63, 3.8) is 0 Å². The first-order valence-corrected chi connectivity index (χ1v) is 7.95. The van der Waals surface area contributed by atoms with Gasteiger partial charge in [-0.1, -0.05) is 24.3 Å². The summed E-state index contributed by atoms with van der Waals surface area (Å²) in [5.74, 6) is 0.836. The number of nitrogens with one attached hydrogen (secondary N) is 1. The highest BCUT2D eigenvalue weighted by Crippen LogP contribution is 2.33. The maximum atomic E-state index is 12.6. The quantitative estimate of drug-likeness (QED) is 0.914. The fourth-order valence-electron chi connectivity index (χ4n) is 3.10. The predicted octanol–water partition coefficient (Wildman–Crippen LogP) is 4.37. The van der Waals surface area contributed by atoms with E-state index in [2.05, 4.69) is 5.32 Å². The summed E-state index contributed by atoms with van der Waals surface area (Å²) in [6.45, 7) is 2.81. The summed E-state index contributed by atoms with van der Waals surface area (Å²) in [4.78, 5) is 14.5. The van der Waals surface area contributed by atoms with Gasteiger partial charge < -0.3 is 15.0 Å². The second-order valence-electron chi connectivity index (χ2n) is 5.92. The number of carbonyl (C=O) groups excluding carboxylic acids is 1. The number of hydrogen-bond acceptors (Lipinski definition) is 2. The number of carbonyl (C=O) groups is 1. The van der Waals surface area contributed by atoms with Crippen LogP contribution < -0.4 is 10.1 Å². The molecule has 120 valence electrons. The van der Waals surface area contributed by atoms with Crippen molar-refractivity contribution in [2.75, 3.05) is 19.0 Å². The van der Waals surface area contributed by atoms with Crippen molar-refractivity contribution in [3.8, 4) is 5.75 Å². The molecule has 2 aromatic rings. The molecule has 23 heavy (non-hydrogen) atoms. The van der Waals surface area contributed by atoms with Crippen LogP contribution in [0.4, 0.5) is 10.5 Å². The van der Waals surface area contributed by atoms with E-state index in [9.17, 15) is 4.79 Å². The highest BCUT2D eigenvalue weighted by molar-refractivity contribution is 5.89. The van der Waals surface area contributed by atoms with E-state index in [1.165, 1.54) is 0 Å². The molecule has 1 fully saturated rings. The van der Waals surface area contributed by atoms with Gasteiger partial charge in [-0.2, -0.15) is 0 Å². The smallest absolute Gasteiger partial charge is 0.322 e. The molecule has 1 unspecified atom stereocenters. The predicted molar refractivity (Wildman–Crippen MR) is 91.9 cm³/mol. The van der Waals surface area contributed by atoms with Crippen LogP contribution in [0.2, 0.25) is 0 Å². The lowest BCUT2D eigenvalue weighted by atomic mass is 10.0. The molecular weight excluding hydrogens is 288 g/mol. The molecule has 1 heterocycles. The Hall–Kier alpha value is -2.49. The zero-order valence-electron chi connectivity index (χ0n) is 13.6. The summed E-state index contributed by atoms with van der Waals surface area (Å²) < 4.78 is 5.20. The van der Waals surface area contributed by atoms with Crippen LogP contribution in [-0.2, 0) is 0 Å². The summed E-state index contributed by atoms with van der Waals surface area (Å²) >= 11 is 0. The number of likely N-dealkylation sites (tertiary alicyclic amines) is 1. The van der Waals surface area contributed by atoms with E-state index in [0.717, 1.165) is 42.0 Å². The Labute approximate surface area is 137 Å². The third-order valence-electron chi connectivity index (χ3n) is 4.28. The van der Waals surface area contributed by atoms with Crippen molar-refractivity contribution in [2.24, 2.45) is 0 Å². The number of benzene rings is 2. The summed E-state index contributed by atoms with van der Waals surface area (Å²) in [5, 5.41) is 3.01. The molecule has 0 aromatic heterocycles. The lowest BCUT2D eigenvalue weighted by Crippen LogP contribution is -2.34. The van der Waals surface area contributed by atoms with Crippen LogP contribution in [0.25, 0.3) is 0 Å². The van der Waals surface area contributed by atoms with Gasteiger partial charge in [0.2, 0.25) is 0 Å². The third-order valence-corrected chi connectivity index (χ3v) is 4.28. The number of ether oxygens (including phenoxy) is 1. The maximum Gasteiger partial charge on any atom is 0.322 e. The van der Waals surface area contributed by atoms with Gasteiger partial charge in [0, 0.05) is 12.2 Å². The van der Waals surface area contributed by atoms with E-state index in [1.807, 2.05) is 60.4 Å². The Morgan fingerprint density at radius 2 is 2.00 bits per heavy atom. The van der Waals surface area contributed by atoms with Crippen molar-refractivity contribution in [2.45, 2.75) is 25.8 Å². The topological polar surface area (TPSA) is 41.6 Å². The molecule has 2 aromatic carbocycles. The third kappa shape index (κ3) is 3.47. The van der Waals surface area contributed by atoms with Gasteiger partial charge in [-0.05, 0) is 55.2 Å². The van der Waals surface area contributed by atoms with E-state index in [-0.39, 0.29) is 12.1 Å². The number of methoxy groups -OCH3 is 1. The molecule has 0 spiro atoms. The van der Waals surface area contributed by atoms with Gasteiger partial charge in [-0.25, -0.2) is 4.79 Å². The normalized spacial score (nSPS) is 17.1. The fourth-order valence-corrected chi connectivity index (χ4v) is 3.10. The molecule has 1 N–H and O–H groups in total. The highest BCUT2D eigenvalue weighted by atomic mass is 16.5. The second-order valence-corrected chi connectivity index (χ2v) is 5.92. The summed E-state index contributed by atoms with van der Waals surface area (Å²) in [6, 6.07) is 16.0. The Balaban J connectivity index is 1.73. The van der Waals surface area contributed by atoms with Crippen molar-refractivity contribution < 1.29 is 9.53 Å². The van der Waals surface area contributed by atoms with Crippen molar-refractivity contribution in [3.05, 3.63) is 59.7 Å². The summed E-state index contributed by atoms with van der Waals surface area (Å²) in [5.41, 5.74) is 3.13. The minimum Gasteiger partial charge on any atom is -0.497 e. The van der Waals surface area contributed by atoms with Gasteiger partial charge in [0.05, 0.1) is 13.2 Å². The first kappa shape index (κ1) is 15.4. The molecule has 0 bridgehead atoms. The maximum absolute atomic E-state index is 12.6. The molecule has 4 nitrogen and oxygen atoms in total. The highest BCUT2D eigenvalue weighted by Gasteiger charge is 2.30. The standard InChI is InChI=1S/C19H22N2O2/c1-14-5-3-6-16(13-14)20-19(22)21-12-4-7-18(21)15-8-10-17(23-2)11-9-15/h3,5-6,8-11,13,18H,4,7,12H2,1-2H3,(H,20,22). The van der Waals surface area contributed by atoms with E-state index in [4.69, 9.17) is 4.74 Å². The van der Waals surface area contributed by atoms with Crippen LogP contribution in [0.15, 0.2) is 48.5 Å². The Kier molecular flexibility index (Phi) is 4.51. The largest absolute Gasteiger partial charge is 0.497 e. The molecule has 1 aliphatic rings. The fraction of sp³-hybridized carbons (Fsp3) is 0.316. The van der Waals surface area contributed by atoms with Crippen LogP contribution in [0.3, 0.4) is 0 Å². The van der Waals surface area contributed by atoms with Crippen LogP contribution >= 0.6 is 0 Å². The van der Waals surface area contributed by atoms with Gasteiger partial charge in [-0.3, -0.25) is 0 Å². The Bertz CT molecular complexity index is 682. The number of aryl methyl sites for hydroxylation is 1. The van der Waals surface area contributed by atoms with Gasteiger partial charge in [-0.15, -0.1) is 0 Å². The molecule has 0 aliphatic carbocycles. The first-order valence-electron chi connectivity index (χ1n) is 7.95. The van der Waals surface area contributed by atoms with Gasteiger partial charge >= 0.3 is 6.03 Å². The SMILES string of the molecule is COc1ccc(C2CCCN2C(=O)Nc2cccc(C)c2)cc1. The molecule has 1 atom stereocenters. The molecule has 1 aliphatic heterocycles. The van der Waals surface area contributed by atoms with E-state index in [1.54, 1.807) is 7.11 Å². The van der Waals surface area contributed by atoms with Gasteiger partial charge in [0.1, 0.15) is 5.75 Å². The zero-order chi connectivity index (χ0) is 16.2. The number of rotatable bonds is 3. The van der Waals surface area contributed by atoms with Crippen molar-refractivity contribution in [1.29, 1.82) is 0 Å². The molecular formula is C19H22N2O2. The van der Waals surface area contributed by atoms with Crippen LogP contribution in [0.1, 0.15) is 30.0 Å². The van der Waals surface area contributed by atoms with Crippen LogP contribution in [0.5, 0.6) is 5.75 Å². The molecule has 3 rings (SSSR count). The number of anilines is 1. The lowest BCUT2D eigenvalue weighted by Gasteiger charge is -2.25. The minimum atomic E-state index is -0.0334. The minimum absolute atomic E-state index is 0.0334. The average Bonchev–Trinajstić information content (AvgIpc) is 3.05. The van der Waals surface area contributed by atoms with E-state index >= 15 is 0 Å². The Morgan fingerprint density at radius 1 is 1.22 bits per heavy atom. The van der Waals surface area contributed by atoms with E-state index < -0.39 is 0 Å². The summed E-state index contributed by atoms with van der Waals surface area (Å²) in [6.07, 6.45) is 2.02. The number of hydrogen-bond donors (Lipinski definition) is 1. The number of urea groups is 1. The van der Waals surface area contributed by atoms with Crippen LogP contribution in [0, 0.1) is 6.92 Å².